The predicted octanol–water partition coefficient (Wildman–Crippen LogP) is 6.20. The second kappa shape index (κ2) is 6.92. The van der Waals surface area contributed by atoms with E-state index < -0.39 is 0 Å². The zero-order chi connectivity index (χ0) is 16.5. The molecule has 0 spiro atoms. The second-order valence-electron chi connectivity index (χ2n) is 6.83. The second-order valence-corrected chi connectivity index (χ2v) is 7.67. The molecule has 2 aromatic rings. The van der Waals surface area contributed by atoms with E-state index in [0.29, 0.717) is 12.1 Å². The van der Waals surface area contributed by atoms with Crippen LogP contribution in [0.1, 0.15) is 36.8 Å². The standard InChI is InChI=1S/C21H21Cl2N/c22-17-9-10-21(23)20(13-17)16-11-18-7-4-8-19(12-16)24(18)14-15-5-2-1-3-6-15/h1-3,5-6,9-11,13,18-19H,4,7-8,12,14H2. The summed E-state index contributed by atoms with van der Waals surface area (Å²) in [4.78, 5) is 2.67. The van der Waals surface area contributed by atoms with Crippen LogP contribution >= 0.6 is 23.2 Å². The summed E-state index contributed by atoms with van der Waals surface area (Å²) in [6.45, 7) is 1.03. The van der Waals surface area contributed by atoms with Gasteiger partial charge in [0.05, 0.1) is 0 Å². The molecule has 2 aliphatic rings. The van der Waals surface area contributed by atoms with Crippen LogP contribution in [0, 0.1) is 0 Å². The average Bonchev–Trinajstić information content (AvgIpc) is 2.58. The molecule has 1 saturated heterocycles. The molecule has 24 heavy (non-hydrogen) atoms. The third-order valence-electron chi connectivity index (χ3n) is 5.26. The van der Waals surface area contributed by atoms with Gasteiger partial charge in [0.15, 0.2) is 0 Å². The quantitative estimate of drug-likeness (QED) is 0.631. The van der Waals surface area contributed by atoms with Crippen LogP contribution in [0.2, 0.25) is 10.0 Å². The van der Waals surface area contributed by atoms with Gasteiger partial charge in [-0.1, -0.05) is 66.0 Å². The highest BCUT2D eigenvalue weighted by Gasteiger charge is 2.34. The molecule has 0 radical (unpaired) electrons. The monoisotopic (exact) mass is 357 g/mol. The van der Waals surface area contributed by atoms with E-state index in [-0.39, 0.29) is 0 Å². The first-order valence-electron chi connectivity index (χ1n) is 8.66. The first-order valence-corrected chi connectivity index (χ1v) is 9.42. The highest BCUT2D eigenvalue weighted by Crippen LogP contribution is 2.40. The van der Waals surface area contributed by atoms with E-state index in [4.69, 9.17) is 23.2 Å². The number of fused-ring (bicyclic) bond motifs is 2. The molecule has 0 amide bonds. The van der Waals surface area contributed by atoms with Crippen molar-refractivity contribution in [2.24, 2.45) is 0 Å². The molecule has 2 heterocycles. The Labute approximate surface area is 153 Å². The molecule has 0 aliphatic carbocycles. The molecule has 124 valence electrons. The molecule has 2 bridgehead atoms. The van der Waals surface area contributed by atoms with Gasteiger partial charge in [0.25, 0.3) is 0 Å². The van der Waals surface area contributed by atoms with Crippen molar-refractivity contribution in [1.29, 1.82) is 0 Å². The van der Waals surface area contributed by atoms with Crippen LogP contribution in [0.25, 0.3) is 5.57 Å². The maximum Gasteiger partial charge on any atom is 0.0482 e. The van der Waals surface area contributed by atoms with Crippen molar-refractivity contribution >= 4 is 28.8 Å². The van der Waals surface area contributed by atoms with Crippen LogP contribution in [-0.2, 0) is 6.54 Å². The molecule has 2 atom stereocenters. The van der Waals surface area contributed by atoms with Crippen LogP contribution in [0.4, 0.5) is 0 Å². The number of piperidine rings is 1. The average molecular weight is 358 g/mol. The van der Waals surface area contributed by atoms with Crippen molar-refractivity contribution in [1.82, 2.24) is 4.90 Å². The number of halogens is 2. The Morgan fingerprint density at radius 2 is 1.83 bits per heavy atom. The lowest BCUT2D eigenvalue weighted by Crippen LogP contribution is -2.47. The molecule has 1 fully saturated rings. The number of rotatable bonds is 3. The molecule has 0 N–H and O–H groups in total. The van der Waals surface area contributed by atoms with Crippen LogP contribution in [0.15, 0.2) is 54.6 Å². The van der Waals surface area contributed by atoms with Gasteiger partial charge >= 0.3 is 0 Å². The van der Waals surface area contributed by atoms with E-state index >= 15 is 0 Å². The normalized spacial score (nSPS) is 23.8. The summed E-state index contributed by atoms with van der Waals surface area (Å²) in [5.74, 6) is 0. The van der Waals surface area contributed by atoms with Crippen molar-refractivity contribution < 1.29 is 0 Å². The van der Waals surface area contributed by atoms with E-state index in [2.05, 4.69) is 41.3 Å². The van der Waals surface area contributed by atoms with Gasteiger partial charge in [-0.2, -0.15) is 0 Å². The Kier molecular flexibility index (Phi) is 4.67. The van der Waals surface area contributed by atoms with Gasteiger partial charge in [-0.25, -0.2) is 0 Å². The molecule has 2 aromatic carbocycles. The Hall–Kier alpha value is -1.28. The van der Waals surface area contributed by atoms with Crippen LogP contribution < -0.4 is 0 Å². The molecule has 3 heteroatoms. The molecule has 2 aliphatic heterocycles. The largest absolute Gasteiger partial charge is 0.289 e. The fourth-order valence-corrected chi connectivity index (χ4v) is 4.51. The zero-order valence-corrected chi connectivity index (χ0v) is 15.1. The summed E-state index contributed by atoms with van der Waals surface area (Å²) in [7, 11) is 0. The smallest absolute Gasteiger partial charge is 0.0482 e. The minimum atomic E-state index is 0.503. The summed E-state index contributed by atoms with van der Waals surface area (Å²) in [5, 5.41) is 1.56. The topological polar surface area (TPSA) is 3.24 Å². The highest BCUT2D eigenvalue weighted by atomic mass is 35.5. The van der Waals surface area contributed by atoms with E-state index in [1.165, 1.54) is 30.4 Å². The third-order valence-corrected chi connectivity index (χ3v) is 5.83. The zero-order valence-electron chi connectivity index (χ0n) is 13.6. The Morgan fingerprint density at radius 3 is 2.62 bits per heavy atom. The van der Waals surface area contributed by atoms with Crippen molar-refractivity contribution in [2.75, 3.05) is 0 Å². The van der Waals surface area contributed by atoms with E-state index in [9.17, 15) is 0 Å². The number of nitrogens with zero attached hydrogens (tertiary/aromatic N) is 1. The Bertz CT molecular complexity index is 754. The van der Waals surface area contributed by atoms with Crippen LogP contribution in [0.5, 0.6) is 0 Å². The highest BCUT2D eigenvalue weighted by molar-refractivity contribution is 6.34. The van der Waals surface area contributed by atoms with Crippen LogP contribution in [-0.4, -0.2) is 17.0 Å². The fraction of sp³-hybridized carbons (Fsp3) is 0.333. The lowest BCUT2D eigenvalue weighted by molar-refractivity contribution is 0.0951. The molecular weight excluding hydrogens is 337 g/mol. The summed E-state index contributed by atoms with van der Waals surface area (Å²) < 4.78 is 0. The Balaban J connectivity index is 1.63. The summed E-state index contributed by atoms with van der Waals surface area (Å²) >= 11 is 12.6. The summed E-state index contributed by atoms with van der Waals surface area (Å²) in [6.07, 6.45) is 7.29. The van der Waals surface area contributed by atoms with Gasteiger partial charge in [-0.3, -0.25) is 4.90 Å². The molecule has 1 nitrogen and oxygen atoms in total. The maximum absolute atomic E-state index is 6.44. The maximum atomic E-state index is 6.44. The summed E-state index contributed by atoms with van der Waals surface area (Å²) in [5.41, 5.74) is 3.87. The van der Waals surface area contributed by atoms with Crippen molar-refractivity contribution in [2.45, 2.75) is 44.3 Å². The van der Waals surface area contributed by atoms with Gasteiger partial charge in [-0.05, 0) is 54.2 Å². The molecule has 2 unspecified atom stereocenters. The molecule has 4 rings (SSSR count). The fourth-order valence-electron chi connectivity index (χ4n) is 4.10. The first kappa shape index (κ1) is 16.2. The predicted molar refractivity (Wildman–Crippen MR) is 102 cm³/mol. The van der Waals surface area contributed by atoms with Gasteiger partial charge in [0.2, 0.25) is 0 Å². The van der Waals surface area contributed by atoms with E-state index in [1.807, 2.05) is 18.2 Å². The molecule has 0 aromatic heterocycles. The minimum absolute atomic E-state index is 0.503. The van der Waals surface area contributed by atoms with Crippen molar-refractivity contribution in [3.63, 3.8) is 0 Å². The summed E-state index contributed by atoms with van der Waals surface area (Å²) in [6, 6.07) is 17.7. The van der Waals surface area contributed by atoms with Crippen molar-refractivity contribution in [3.8, 4) is 0 Å². The van der Waals surface area contributed by atoms with Crippen LogP contribution in [0.3, 0.4) is 0 Å². The minimum Gasteiger partial charge on any atom is -0.289 e. The van der Waals surface area contributed by atoms with Gasteiger partial charge < -0.3 is 0 Å². The Morgan fingerprint density at radius 1 is 1.00 bits per heavy atom. The lowest BCUT2D eigenvalue weighted by Gasteiger charge is -2.45. The van der Waals surface area contributed by atoms with E-state index in [1.54, 1.807) is 0 Å². The number of benzene rings is 2. The first-order chi connectivity index (χ1) is 11.7. The van der Waals surface area contributed by atoms with Gasteiger partial charge in [0, 0.05) is 28.7 Å². The van der Waals surface area contributed by atoms with E-state index in [0.717, 1.165) is 28.6 Å². The molecular formula is C21H21Cl2N. The molecule has 0 saturated carbocycles. The lowest BCUT2D eigenvalue weighted by atomic mass is 9.82. The SMILES string of the molecule is Clc1ccc(Cl)c(C2=CC3CCCC(C2)N3Cc2ccccc2)c1. The van der Waals surface area contributed by atoms with Gasteiger partial charge in [-0.15, -0.1) is 0 Å². The number of hydrogen-bond acceptors (Lipinski definition) is 1. The van der Waals surface area contributed by atoms with Crippen molar-refractivity contribution in [3.05, 3.63) is 75.8 Å². The third kappa shape index (κ3) is 3.26. The number of hydrogen-bond donors (Lipinski definition) is 0. The van der Waals surface area contributed by atoms with Gasteiger partial charge in [0.1, 0.15) is 0 Å².